The smallest absolute Gasteiger partial charge is 0.316 e. The monoisotopic (exact) mass is 390 g/mol. The summed E-state index contributed by atoms with van der Waals surface area (Å²) in [5, 5.41) is 9.81. The first-order chi connectivity index (χ1) is 14.2. The van der Waals surface area contributed by atoms with Gasteiger partial charge in [0.05, 0.1) is 24.1 Å². The molecule has 2 N–H and O–H groups in total. The Morgan fingerprint density at radius 3 is 2.66 bits per heavy atom. The standard InChI is InChI=1S/C24H30N4O/c1-3-6-15-10-12-20(26)19(14-25)22(15)17-9-11-18-21(13-17)27-24(29-2)28-23(18)16-7-4-5-8-16/h10,12,16-17H,3-9,11,13,26H2,1-2H3. The van der Waals surface area contributed by atoms with Crippen molar-refractivity contribution in [1.82, 2.24) is 9.97 Å². The average molecular weight is 391 g/mol. The lowest BCUT2D eigenvalue weighted by Crippen LogP contribution is -2.21. The third kappa shape index (κ3) is 3.69. The van der Waals surface area contributed by atoms with Crippen molar-refractivity contribution in [2.75, 3.05) is 12.8 Å². The maximum atomic E-state index is 9.81. The molecule has 1 aromatic heterocycles. The lowest BCUT2D eigenvalue weighted by molar-refractivity contribution is 0.370. The summed E-state index contributed by atoms with van der Waals surface area (Å²) in [5.41, 5.74) is 13.5. The fraction of sp³-hybridized carbons (Fsp3) is 0.542. The summed E-state index contributed by atoms with van der Waals surface area (Å²) in [6, 6.07) is 6.85. The van der Waals surface area contributed by atoms with Gasteiger partial charge in [-0.2, -0.15) is 15.2 Å². The van der Waals surface area contributed by atoms with Crippen LogP contribution >= 0.6 is 0 Å². The minimum atomic E-state index is 0.262. The van der Waals surface area contributed by atoms with Gasteiger partial charge in [0.25, 0.3) is 0 Å². The lowest BCUT2D eigenvalue weighted by Gasteiger charge is -2.29. The minimum absolute atomic E-state index is 0.262. The van der Waals surface area contributed by atoms with Gasteiger partial charge < -0.3 is 10.5 Å². The zero-order valence-corrected chi connectivity index (χ0v) is 17.5. The Balaban J connectivity index is 1.75. The van der Waals surface area contributed by atoms with Gasteiger partial charge in [-0.05, 0) is 67.2 Å². The number of hydrogen-bond donors (Lipinski definition) is 1. The molecule has 5 nitrogen and oxygen atoms in total. The number of aromatic nitrogens is 2. The van der Waals surface area contributed by atoms with E-state index in [0.717, 1.165) is 43.4 Å². The van der Waals surface area contributed by atoms with Crippen molar-refractivity contribution in [2.24, 2.45) is 0 Å². The van der Waals surface area contributed by atoms with Gasteiger partial charge >= 0.3 is 6.01 Å². The highest BCUT2D eigenvalue weighted by molar-refractivity contribution is 5.62. The number of aryl methyl sites for hydroxylation is 1. The second-order valence-corrected chi connectivity index (χ2v) is 8.41. The molecule has 4 rings (SSSR count). The Morgan fingerprint density at radius 2 is 1.97 bits per heavy atom. The predicted octanol–water partition coefficient (Wildman–Crippen LogP) is 4.82. The maximum Gasteiger partial charge on any atom is 0.316 e. The van der Waals surface area contributed by atoms with Gasteiger partial charge in [-0.3, -0.25) is 0 Å². The molecule has 152 valence electrons. The van der Waals surface area contributed by atoms with E-state index in [0.29, 0.717) is 23.2 Å². The number of rotatable bonds is 5. The van der Waals surface area contributed by atoms with E-state index >= 15 is 0 Å². The van der Waals surface area contributed by atoms with Crippen molar-refractivity contribution in [3.05, 3.63) is 45.8 Å². The van der Waals surface area contributed by atoms with E-state index in [4.69, 9.17) is 20.4 Å². The number of nitrogens with two attached hydrogens (primary N) is 1. The van der Waals surface area contributed by atoms with Crippen molar-refractivity contribution in [3.63, 3.8) is 0 Å². The van der Waals surface area contributed by atoms with Crippen LogP contribution in [0, 0.1) is 11.3 Å². The van der Waals surface area contributed by atoms with E-state index in [1.165, 1.54) is 42.5 Å². The molecule has 5 heteroatoms. The molecule has 2 aromatic rings. The normalized spacial score (nSPS) is 19.0. The SMILES string of the molecule is CCCc1ccc(N)c(C#N)c1C1CCc2c(nc(OC)nc2C2CCCC2)C1. The van der Waals surface area contributed by atoms with E-state index < -0.39 is 0 Å². The molecule has 2 aliphatic rings. The fourth-order valence-corrected chi connectivity index (χ4v) is 5.25. The van der Waals surface area contributed by atoms with Crippen molar-refractivity contribution in [2.45, 2.75) is 76.5 Å². The molecule has 29 heavy (non-hydrogen) atoms. The number of benzene rings is 1. The molecule has 1 heterocycles. The van der Waals surface area contributed by atoms with Crippen LogP contribution in [0.25, 0.3) is 0 Å². The molecule has 0 amide bonds. The van der Waals surface area contributed by atoms with Crippen molar-refractivity contribution in [1.29, 1.82) is 5.26 Å². The van der Waals surface area contributed by atoms with Gasteiger partial charge in [0, 0.05) is 11.6 Å². The molecular weight excluding hydrogens is 360 g/mol. The minimum Gasteiger partial charge on any atom is -0.467 e. The molecule has 1 saturated carbocycles. The maximum absolute atomic E-state index is 9.81. The zero-order valence-electron chi connectivity index (χ0n) is 17.5. The lowest BCUT2D eigenvalue weighted by atomic mass is 9.76. The summed E-state index contributed by atoms with van der Waals surface area (Å²) in [7, 11) is 1.64. The van der Waals surface area contributed by atoms with Gasteiger partial charge in [-0.1, -0.05) is 32.3 Å². The van der Waals surface area contributed by atoms with Crippen LogP contribution in [0.3, 0.4) is 0 Å². The molecule has 1 unspecified atom stereocenters. The Kier molecular flexibility index (Phi) is 5.71. The van der Waals surface area contributed by atoms with E-state index in [9.17, 15) is 5.26 Å². The number of nitrogens with zero attached hydrogens (tertiary/aromatic N) is 3. The number of nitrogen functional groups attached to an aromatic ring is 1. The highest BCUT2D eigenvalue weighted by Crippen LogP contribution is 2.42. The summed E-state index contributed by atoms with van der Waals surface area (Å²) in [4.78, 5) is 9.52. The first-order valence-electron chi connectivity index (χ1n) is 10.9. The largest absolute Gasteiger partial charge is 0.467 e. The van der Waals surface area contributed by atoms with Crippen LogP contribution in [-0.2, 0) is 19.3 Å². The van der Waals surface area contributed by atoms with Crippen LogP contribution in [0.4, 0.5) is 5.69 Å². The molecule has 2 aliphatic carbocycles. The first-order valence-corrected chi connectivity index (χ1v) is 10.9. The van der Waals surface area contributed by atoms with Gasteiger partial charge in [0.1, 0.15) is 6.07 Å². The number of anilines is 1. The molecule has 1 fully saturated rings. The molecule has 0 radical (unpaired) electrons. The van der Waals surface area contributed by atoms with Crippen LogP contribution in [-0.4, -0.2) is 17.1 Å². The fourth-order valence-electron chi connectivity index (χ4n) is 5.25. The second kappa shape index (κ2) is 8.41. The average Bonchev–Trinajstić information content (AvgIpc) is 3.28. The molecule has 1 atom stereocenters. The van der Waals surface area contributed by atoms with Gasteiger partial charge in [-0.25, -0.2) is 0 Å². The molecular formula is C24H30N4O. The highest BCUT2D eigenvalue weighted by Gasteiger charge is 2.31. The zero-order chi connectivity index (χ0) is 20.4. The van der Waals surface area contributed by atoms with Crippen LogP contribution in [0.1, 0.15) is 90.9 Å². The Labute approximate surface area is 173 Å². The van der Waals surface area contributed by atoms with Crippen LogP contribution in [0.15, 0.2) is 12.1 Å². The Morgan fingerprint density at radius 1 is 1.17 bits per heavy atom. The number of hydrogen-bond acceptors (Lipinski definition) is 5. The van der Waals surface area contributed by atoms with Crippen LogP contribution in [0.5, 0.6) is 6.01 Å². The Bertz CT molecular complexity index is 941. The van der Waals surface area contributed by atoms with Crippen LogP contribution in [0.2, 0.25) is 0 Å². The number of nitriles is 1. The van der Waals surface area contributed by atoms with E-state index in [-0.39, 0.29) is 5.92 Å². The van der Waals surface area contributed by atoms with E-state index in [1.807, 2.05) is 6.07 Å². The number of methoxy groups -OCH3 is 1. The molecule has 0 spiro atoms. The third-order valence-electron chi connectivity index (χ3n) is 6.62. The van der Waals surface area contributed by atoms with Crippen molar-refractivity contribution < 1.29 is 4.74 Å². The summed E-state index contributed by atoms with van der Waals surface area (Å²) >= 11 is 0. The summed E-state index contributed by atoms with van der Waals surface area (Å²) < 4.78 is 5.45. The highest BCUT2D eigenvalue weighted by atomic mass is 16.5. The van der Waals surface area contributed by atoms with Gasteiger partial charge in [0.15, 0.2) is 0 Å². The molecule has 0 bridgehead atoms. The summed E-state index contributed by atoms with van der Waals surface area (Å²) in [6.07, 6.45) is 9.80. The van der Waals surface area contributed by atoms with Gasteiger partial charge in [-0.15, -0.1) is 0 Å². The third-order valence-corrected chi connectivity index (χ3v) is 6.62. The molecule has 1 aromatic carbocycles. The predicted molar refractivity (Wildman–Crippen MR) is 114 cm³/mol. The van der Waals surface area contributed by atoms with Crippen LogP contribution < -0.4 is 10.5 Å². The first kappa shape index (κ1) is 19.7. The Hall–Kier alpha value is -2.61. The summed E-state index contributed by atoms with van der Waals surface area (Å²) in [5.74, 6) is 0.799. The van der Waals surface area contributed by atoms with E-state index in [2.05, 4.69) is 19.1 Å². The molecule has 0 aliphatic heterocycles. The topological polar surface area (TPSA) is 84.8 Å². The summed E-state index contributed by atoms with van der Waals surface area (Å²) in [6.45, 7) is 2.17. The van der Waals surface area contributed by atoms with E-state index in [1.54, 1.807) is 7.11 Å². The quantitative estimate of drug-likeness (QED) is 0.740. The van der Waals surface area contributed by atoms with Crippen molar-refractivity contribution >= 4 is 5.69 Å². The second-order valence-electron chi connectivity index (χ2n) is 8.41. The number of fused-ring (bicyclic) bond motifs is 1. The van der Waals surface area contributed by atoms with Gasteiger partial charge in [0.2, 0.25) is 0 Å². The number of ether oxygens (including phenoxy) is 1. The van der Waals surface area contributed by atoms with Crippen molar-refractivity contribution in [3.8, 4) is 12.1 Å². The molecule has 0 saturated heterocycles.